The Hall–Kier alpha value is -1.28. The van der Waals surface area contributed by atoms with Crippen LogP contribution in [0.2, 0.25) is 0 Å². The Labute approximate surface area is 91.5 Å². The Morgan fingerprint density at radius 2 is 1.73 bits per heavy atom. The molecule has 0 N–H and O–H groups in total. The highest BCUT2D eigenvalue weighted by atomic mass is 16.8. The summed E-state index contributed by atoms with van der Waals surface area (Å²) in [5.41, 5.74) is 1.46. The van der Waals surface area contributed by atoms with Crippen LogP contribution in [0.25, 0.3) is 6.08 Å². The van der Waals surface area contributed by atoms with Gasteiger partial charge in [0.2, 0.25) is 0 Å². The molecule has 0 atom stereocenters. The minimum Gasteiger partial charge on any atom is -0.857 e. The molecule has 0 spiro atoms. The SMILES string of the molecule is C=Cc1ccc([O+]2CC2(C)C)cc1.C[O-]. The van der Waals surface area contributed by atoms with E-state index in [1.54, 1.807) is 0 Å². The van der Waals surface area contributed by atoms with Crippen LogP contribution in [0, 0.1) is 0 Å². The lowest BCUT2D eigenvalue weighted by atomic mass is 10.2. The highest BCUT2D eigenvalue weighted by molar-refractivity contribution is 5.48. The van der Waals surface area contributed by atoms with Crippen molar-refractivity contribution < 1.29 is 9.47 Å². The molecule has 0 aromatic heterocycles. The molecule has 2 heteroatoms. The molecular weight excluding hydrogens is 188 g/mol. The zero-order valence-corrected chi connectivity index (χ0v) is 9.62. The molecule has 1 aliphatic rings. The minimum atomic E-state index is 0.287. The lowest BCUT2D eigenvalue weighted by Crippen LogP contribution is -1.97. The van der Waals surface area contributed by atoms with Crippen LogP contribution in [-0.4, -0.2) is 19.3 Å². The third-order valence-electron chi connectivity index (χ3n) is 2.47. The van der Waals surface area contributed by atoms with E-state index in [1.807, 2.05) is 6.08 Å². The van der Waals surface area contributed by atoms with E-state index in [0.717, 1.165) is 13.7 Å². The molecule has 0 radical (unpaired) electrons. The molecule has 2 nitrogen and oxygen atoms in total. The van der Waals surface area contributed by atoms with Crippen molar-refractivity contribution >= 4 is 6.08 Å². The molecule has 1 aromatic carbocycles. The molecule has 0 aliphatic carbocycles. The Balaban J connectivity index is 0.000000531. The highest BCUT2D eigenvalue weighted by Crippen LogP contribution is 2.47. The first-order valence-corrected chi connectivity index (χ1v) is 4.98. The van der Waals surface area contributed by atoms with Crippen LogP contribution in [0.3, 0.4) is 0 Å². The van der Waals surface area contributed by atoms with Crippen LogP contribution in [0.15, 0.2) is 30.8 Å². The molecule has 1 aromatic rings. The van der Waals surface area contributed by atoms with Crippen molar-refractivity contribution in [3.8, 4) is 5.75 Å². The van der Waals surface area contributed by atoms with Gasteiger partial charge in [-0.2, -0.15) is 7.11 Å². The minimum absolute atomic E-state index is 0.287. The molecule has 1 saturated heterocycles. The molecule has 0 unspecified atom stereocenters. The van der Waals surface area contributed by atoms with E-state index in [1.165, 1.54) is 11.3 Å². The van der Waals surface area contributed by atoms with Crippen molar-refractivity contribution in [2.24, 2.45) is 0 Å². The van der Waals surface area contributed by atoms with E-state index < -0.39 is 0 Å². The van der Waals surface area contributed by atoms with Gasteiger partial charge < -0.3 is 9.47 Å². The fraction of sp³-hybridized carbons (Fsp3) is 0.385. The zero-order valence-electron chi connectivity index (χ0n) is 9.62. The van der Waals surface area contributed by atoms with Crippen molar-refractivity contribution in [1.82, 2.24) is 0 Å². The summed E-state index contributed by atoms with van der Waals surface area (Å²) in [4.78, 5) is 0. The van der Waals surface area contributed by atoms with Gasteiger partial charge >= 0.3 is 0 Å². The summed E-state index contributed by atoms with van der Waals surface area (Å²) in [5, 5.41) is 8.25. The van der Waals surface area contributed by atoms with Crippen LogP contribution >= 0.6 is 0 Å². The highest BCUT2D eigenvalue weighted by Gasteiger charge is 2.53. The Morgan fingerprint density at radius 3 is 2.07 bits per heavy atom. The second-order valence-electron chi connectivity index (χ2n) is 4.07. The smallest absolute Gasteiger partial charge is 0.267 e. The zero-order chi connectivity index (χ0) is 11.5. The summed E-state index contributed by atoms with van der Waals surface area (Å²) in [6.07, 6.45) is 1.86. The molecule has 15 heavy (non-hydrogen) atoms. The predicted molar refractivity (Wildman–Crippen MR) is 61.9 cm³/mol. The van der Waals surface area contributed by atoms with Gasteiger partial charge in [-0.3, -0.25) is 0 Å². The molecular formula is C13H18O2. The van der Waals surface area contributed by atoms with Gasteiger partial charge in [0.15, 0.2) is 0 Å². The standard InChI is InChI=1S/C12H15O.CH3O/c1-4-10-5-7-11(8-6-10)13-9-12(13,2)3;1-2/h4-8H,1,9H2,2-3H3;1H3/q+1;-1. The van der Waals surface area contributed by atoms with Gasteiger partial charge in [-0.1, -0.05) is 12.7 Å². The number of hydrogen-bond donors (Lipinski definition) is 0. The maximum absolute atomic E-state index is 8.25. The maximum atomic E-state index is 8.25. The molecule has 0 amide bonds. The normalized spacial score (nSPS) is 16.4. The second-order valence-corrected chi connectivity index (χ2v) is 4.07. The molecule has 0 bridgehead atoms. The molecule has 1 heterocycles. The number of epoxide rings is 1. The van der Waals surface area contributed by atoms with Crippen molar-refractivity contribution in [3.05, 3.63) is 36.4 Å². The summed E-state index contributed by atoms with van der Waals surface area (Å²) < 4.78 is 3.19. The first kappa shape index (κ1) is 11.8. The van der Waals surface area contributed by atoms with Crippen molar-refractivity contribution in [3.63, 3.8) is 0 Å². The van der Waals surface area contributed by atoms with Gasteiger partial charge in [-0.25, -0.2) is 0 Å². The summed E-state index contributed by atoms with van der Waals surface area (Å²) >= 11 is 0. The largest absolute Gasteiger partial charge is 0.857 e. The van der Waals surface area contributed by atoms with Crippen LogP contribution in [0.5, 0.6) is 5.75 Å². The third-order valence-corrected chi connectivity index (χ3v) is 2.47. The number of rotatable bonds is 2. The second kappa shape index (κ2) is 4.49. The first-order valence-electron chi connectivity index (χ1n) is 4.98. The number of hydrogen-bond acceptors (Lipinski definition) is 1. The van der Waals surface area contributed by atoms with Crippen molar-refractivity contribution in [2.75, 3.05) is 13.7 Å². The Kier molecular flexibility index (Phi) is 3.53. The van der Waals surface area contributed by atoms with Crippen LogP contribution in [-0.2, 0) is 4.37 Å². The Morgan fingerprint density at radius 1 is 1.27 bits per heavy atom. The number of benzene rings is 1. The summed E-state index contributed by atoms with van der Waals surface area (Å²) in [5.74, 6) is 1.23. The quantitative estimate of drug-likeness (QED) is 0.539. The van der Waals surface area contributed by atoms with Crippen molar-refractivity contribution in [2.45, 2.75) is 19.4 Å². The maximum Gasteiger partial charge on any atom is 0.267 e. The lowest BCUT2D eigenvalue weighted by Gasteiger charge is -2.05. The fourth-order valence-corrected chi connectivity index (χ4v) is 1.49. The summed E-state index contributed by atoms with van der Waals surface area (Å²) in [7, 11) is 0.750. The monoisotopic (exact) mass is 206 g/mol. The van der Waals surface area contributed by atoms with Gasteiger partial charge in [-0.05, 0) is 17.7 Å². The molecule has 82 valence electrons. The van der Waals surface area contributed by atoms with E-state index in [0.29, 0.717) is 0 Å². The van der Waals surface area contributed by atoms with E-state index in [-0.39, 0.29) is 5.60 Å². The van der Waals surface area contributed by atoms with Gasteiger partial charge in [0, 0.05) is 26.0 Å². The van der Waals surface area contributed by atoms with E-state index in [4.69, 9.17) is 5.11 Å². The first-order chi connectivity index (χ1) is 7.13. The molecule has 0 saturated carbocycles. The van der Waals surface area contributed by atoms with Gasteiger partial charge in [0.25, 0.3) is 18.0 Å². The van der Waals surface area contributed by atoms with Crippen LogP contribution in [0.4, 0.5) is 0 Å². The lowest BCUT2D eigenvalue weighted by molar-refractivity contribution is -0.325. The average molecular weight is 206 g/mol. The average Bonchev–Trinajstić information content (AvgIpc) is 2.91. The van der Waals surface area contributed by atoms with Gasteiger partial charge in [-0.15, -0.1) is 0 Å². The Bertz CT molecular complexity index is 325. The van der Waals surface area contributed by atoms with Crippen molar-refractivity contribution in [1.29, 1.82) is 0 Å². The van der Waals surface area contributed by atoms with Gasteiger partial charge in [0.05, 0.1) is 0 Å². The summed E-state index contributed by atoms with van der Waals surface area (Å²) in [6.45, 7) is 9.26. The predicted octanol–water partition coefficient (Wildman–Crippen LogP) is 2.36. The topological polar surface area (TPSA) is 25.8 Å². The summed E-state index contributed by atoms with van der Waals surface area (Å²) in [6, 6.07) is 8.42. The molecule has 2 rings (SSSR count). The fourth-order valence-electron chi connectivity index (χ4n) is 1.49. The molecule has 1 aliphatic heterocycles. The van der Waals surface area contributed by atoms with E-state index in [2.05, 4.69) is 49.1 Å². The van der Waals surface area contributed by atoms with Crippen LogP contribution in [0.1, 0.15) is 19.4 Å². The van der Waals surface area contributed by atoms with Gasteiger partial charge in [0.1, 0.15) is 0 Å². The van der Waals surface area contributed by atoms with E-state index in [9.17, 15) is 0 Å². The third kappa shape index (κ3) is 2.60. The van der Waals surface area contributed by atoms with E-state index >= 15 is 0 Å². The van der Waals surface area contributed by atoms with Crippen LogP contribution < -0.4 is 5.11 Å². The molecule has 1 fully saturated rings.